The summed E-state index contributed by atoms with van der Waals surface area (Å²) in [6, 6.07) is 8.21. The van der Waals surface area contributed by atoms with E-state index in [1.54, 1.807) is 28.4 Å². The Kier molecular flexibility index (Phi) is 8.26. The number of likely N-dealkylation sites (N-methyl/N-ethyl adjacent to an activating group) is 1. The van der Waals surface area contributed by atoms with Crippen LogP contribution in [0.15, 0.2) is 76.0 Å². The first-order chi connectivity index (χ1) is 20.4. The molecule has 0 atom stereocenters. The molecule has 5 nitrogen and oxygen atoms in total. The van der Waals surface area contributed by atoms with Crippen LogP contribution in [-0.4, -0.2) is 35.5 Å². The summed E-state index contributed by atoms with van der Waals surface area (Å²) in [7, 11) is 8.89. The van der Waals surface area contributed by atoms with E-state index in [9.17, 15) is 0 Å². The first-order valence-electron chi connectivity index (χ1n) is 14.9. The molecule has 228 valence electrons. The maximum Gasteiger partial charge on any atom is 0.166 e. The van der Waals surface area contributed by atoms with Crippen molar-refractivity contribution in [1.82, 2.24) is 0 Å². The zero-order valence-electron chi connectivity index (χ0n) is 27.2. The summed E-state index contributed by atoms with van der Waals surface area (Å²) in [4.78, 5) is 2.24. The van der Waals surface area contributed by atoms with Crippen molar-refractivity contribution in [3.05, 3.63) is 92.7 Å². The molecule has 2 aromatic carbocycles. The van der Waals surface area contributed by atoms with Crippen molar-refractivity contribution in [2.75, 3.05) is 40.4 Å². The largest absolute Gasteiger partial charge is 0.493 e. The number of benzene rings is 2. The van der Waals surface area contributed by atoms with E-state index in [0.29, 0.717) is 0 Å². The van der Waals surface area contributed by atoms with E-state index in [1.807, 2.05) is 12.1 Å². The highest BCUT2D eigenvalue weighted by Gasteiger charge is 2.42. The highest BCUT2D eigenvalue weighted by atomic mass is 35.5. The lowest BCUT2D eigenvalue weighted by molar-refractivity contribution is 0.347. The Morgan fingerprint density at radius 1 is 0.767 bits per heavy atom. The first-order valence-corrected chi connectivity index (χ1v) is 15.3. The average Bonchev–Trinajstić information content (AvgIpc) is 3.31. The predicted molar refractivity (Wildman–Crippen MR) is 178 cm³/mol. The molecule has 0 saturated carbocycles. The smallest absolute Gasteiger partial charge is 0.166 e. The molecule has 1 aliphatic heterocycles. The number of allylic oxidation sites excluding steroid dienone is 10. The fraction of sp³-hybridized carbons (Fsp3) is 0.405. The van der Waals surface area contributed by atoms with Gasteiger partial charge in [-0.3, -0.25) is 0 Å². The SMILES string of the molecule is COc1ccc2c(c1OC)C(C)(C)C(/C=C/C1=C(Cl)C(=C/C=C3\N(C)c4ccc(OC)c(OC)c4C3(C)C)/CCC1)=C2C. The minimum Gasteiger partial charge on any atom is -0.493 e. The van der Waals surface area contributed by atoms with Crippen molar-refractivity contribution >= 4 is 22.9 Å². The van der Waals surface area contributed by atoms with Crippen LogP contribution in [0.25, 0.3) is 5.57 Å². The second-order valence-corrected chi connectivity index (χ2v) is 12.9. The van der Waals surface area contributed by atoms with Crippen LogP contribution in [-0.2, 0) is 10.8 Å². The van der Waals surface area contributed by atoms with Gasteiger partial charge >= 0.3 is 0 Å². The molecule has 0 spiro atoms. The number of fused-ring (bicyclic) bond motifs is 2. The zero-order chi connectivity index (χ0) is 31.3. The molecule has 43 heavy (non-hydrogen) atoms. The molecule has 0 amide bonds. The van der Waals surface area contributed by atoms with Crippen molar-refractivity contribution in [3.63, 3.8) is 0 Å². The van der Waals surface area contributed by atoms with Gasteiger partial charge in [-0.1, -0.05) is 63.6 Å². The lowest BCUT2D eigenvalue weighted by Gasteiger charge is -2.26. The first kappa shape index (κ1) is 30.9. The minimum absolute atomic E-state index is 0.238. The summed E-state index contributed by atoms with van der Waals surface area (Å²) in [5.74, 6) is 3.09. The summed E-state index contributed by atoms with van der Waals surface area (Å²) in [5, 5.41) is 0.848. The Balaban J connectivity index is 1.48. The predicted octanol–water partition coefficient (Wildman–Crippen LogP) is 9.26. The number of anilines is 1. The molecule has 0 fully saturated rings. The topological polar surface area (TPSA) is 40.2 Å². The highest BCUT2D eigenvalue weighted by Crippen LogP contribution is 2.55. The van der Waals surface area contributed by atoms with Crippen molar-refractivity contribution in [2.45, 2.75) is 64.7 Å². The Morgan fingerprint density at radius 2 is 1.40 bits per heavy atom. The van der Waals surface area contributed by atoms with E-state index in [0.717, 1.165) is 64.1 Å². The molecule has 6 heteroatoms. The molecular weight excluding hydrogens is 558 g/mol. The third-order valence-corrected chi connectivity index (χ3v) is 10.00. The van der Waals surface area contributed by atoms with E-state index < -0.39 is 0 Å². The van der Waals surface area contributed by atoms with Crippen LogP contribution in [0.2, 0.25) is 0 Å². The maximum atomic E-state index is 7.12. The molecule has 1 heterocycles. The van der Waals surface area contributed by atoms with E-state index >= 15 is 0 Å². The van der Waals surface area contributed by atoms with Gasteiger partial charge in [0, 0.05) is 45.4 Å². The molecule has 0 aromatic heterocycles. The normalized spacial score (nSPS) is 20.8. The Morgan fingerprint density at radius 3 is 2.02 bits per heavy atom. The number of ether oxygens (including phenoxy) is 4. The van der Waals surface area contributed by atoms with Gasteiger partial charge in [0.05, 0.1) is 28.4 Å². The molecule has 0 saturated heterocycles. The van der Waals surface area contributed by atoms with Gasteiger partial charge in [-0.2, -0.15) is 0 Å². The molecule has 2 aromatic rings. The number of methoxy groups -OCH3 is 4. The quantitative estimate of drug-likeness (QED) is 0.316. The van der Waals surface area contributed by atoms with Gasteiger partial charge in [0.15, 0.2) is 23.0 Å². The van der Waals surface area contributed by atoms with Gasteiger partial charge < -0.3 is 23.8 Å². The van der Waals surface area contributed by atoms with E-state index in [1.165, 1.54) is 33.5 Å². The van der Waals surface area contributed by atoms with Gasteiger partial charge in [-0.25, -0.2) is 0 Å². The van der Waals surface area contributed by atoms with E-state index in [-0.39, 0.29) is 10.8 Å². The average molecular weight is 602 g/mol. The highest BCUT2D eigenvalue weighted by molar-refractivity contribution is 6.32. The van der Waals surface area contributed by atoms with Crippen LogP contribution in [0.3, 0.4) is 0 Å². The minimum atomic E-state index is -0.272. The summed E-state index contributed by atoms with van der Waals surface area (Å²) in [5.41, 5.74) is 10.2. The Bertz CT molecular complexity index is 1620. The molecule has 5 rings (SSSR count). The number of halogens is 1. The van der Waals surface area contributed by atoms with Crippen molar-refractivity contribution in [3.8, 4) is 23.0 Å². The number of nitrogens with zero attached hydrogens (tertiary/aromatic N) is 1. The molecule has 3 aliphatic rings. The molecule has 0 N–H and O–H groups in total. The van der Waals surface area contributed by atoms with Gasteiger partial charge in [0.1, 0.15) is 0 Å². The second kappa shape index (κ2) is 11.5. The monoisotopic (exact) mass is 601 g/mol. The standard InChI is InChI=1S/C37H44ClNO4/c1-22-25-16-19-28(40-7)34(42-9)31(25)36(2,3)26(22)17-14-23-12-11-13-24(33(23)38)15-21-30-37(4,5)32-27(39(30)6)18-20-29(41-8)35(32)43-10/h14-21H,11-13H2,1-10H3/b17-14+,24-15+,30-21-. The van der Waals surface area contributed by atoms with Crippen LogP contribution in [0.5, 0.6) is 23.0 Å². The molecule has 0 unspecified atom stereocenters. The van der Waals surface area contributed by atoms with E-state index in [2.05, 4.69) is 83.0 Å². The lowest BCUT2D eigenvalue weighted by Crippen LogP contribution is -2.23. The van der Waals surface area contributed by atoms with Crippen molar-refractivity contribution in [1.29, 1.82) is 0 Å². The molecule has 2 aliphatic carbocycles. The Labute approximate surface area is 262 Å². The fourth-order valence-electron chi connectivity index (χ4n) is 7.31. The van der Waals surface area contributed by atoms with Crippen molar-refractivity contribution < 1.29 is 18.9 Å². The summed E-state index contributed by atoms with van der Waals surface area (Å²) >= 11 is 7.12. The van der Waals surface area contributed by atoms with Gasteiger partial charge in [0.25, 0.3) is 0 Å². The van der Waals surface area contributed by atoms with Crippen LogP contribution in [0, 0.1) is 0 Å². The summed E-state index contributed by atoms with van der Waals surface area (Å²) in [6.07, 6.45) is 11.9. The number of hydrogen-bond acceptors (Lipinski definition) is 5. The van der Waals surface area contributed by atoms with E-state index in [4.69, 9.17) is 30.5 Å². The van der Waals surface area contributed by atoms with Gasteiger partial charge in [-0.15, -0.1) is 0 Å². The molecule has 0 radical (unpaired) electrons. The molecule has 0 bridgehead atoms. The maximum absolute atomic E-state index is 7.12. The Hall–Kier alpha value is -3.57. The van der Waals surface area contributed by atoms with Crippen molar-refractivity contribution in [2.24, 2.45) is 0 Å². The van der Waals surface area contributed by atoms with Crippen LogP contribution >= 0.6 is 11.6 Å². The summed E-state index contributed by atoms with van der Waals surface area (Å²) < 4.78 is 22.9. The number of rotatable bonds is 7. The van der Waals surface area contributed by atoms with Gasteiger partial charge in [0.2, 0.25) is 0 Å². The third kappa shape index (κ3) is 4.86. The zero-order valence-corrected chi connectivity index (χ0v) is 28.0. The fourth-order valence-corrected chi connectivity index (χ4v) is 7.63. The third-order valence-electron chi connectivity index (χ3n) is 9.51. The van der Waals surface area contributed by atoms with Crippen LogP contribution in [0.4, 0.5) is 5.69 Å². The second-order valence-electron chi connectivity index (χ2n) is 12.5. The lowest BCUT2D eigenvalue weighted by atomic mass is 9.80. The number of hydrogen-bond donors (Lipinski definition) is 0. The molecular formula is C37H44ClNO4. The van der Waals surface area contributed by atoms with Gasteiger partial charge in [-0.05, 0) is 78.3 Å². The van der Waals surface area contributed by atoms with Crippen LogP contribution < -0.4 is 23.8 Å². The van der Waals surface area contributed by atoms with Crippen LogP contribution in [0.1, 0.15) is 70.6 Å². The summed E-state index contributed by atoms with van der Waals surface area (Å²) in [6.45, 7) is 11.2.